The van der Waals surface area contributed by atoms with Gasteiger partial charge in [-0.3, -0.25) is 4.79 Å². The van der Waals surface area contributed by atoms with Crippen LogP contribution < -0.4 is 10.1 Å². The molecule has 1 saturated carbocycles. The normalized spacial score (nSPS) is 14.3. The number of amides is 1. The third kappa shape index (κ3) is 4.35. The van der Waals surface area contributed by atoms with E-state index in [4.69, 9.17) is 4.74 Å². The highest BCUT2D eigenvalue weighted by Gasteiger charge is 2.30. The second-order valence-electron chi connectivity index (χ2n) is 8.35. The van der Waals surface area contributed by atoms with Crippen LogP contribution in [0.2, 0.25) is 0 Å². The third-order valence-electron chi connectivity index (χ3n) is 5.67. The number of para-hydroxylation sites is 1. The second kappa shape index (κ2) is 8.46. The van der Waals surface area contributed by atoms with Gasteiger partial charge in [-0.05, 0) is 80.3 Å². The zero-order valence-electron chi connectivity index (χ0n) is 17.8. The number of hydrogen-bond donors (Lipinski definition) is 1. The van der Waals surface area contributed by atoms with E-state index in [1.807, 2.05) is 49.4 Å². The molecule has 0 spiro atoms. The molecule has 5 rings (SSSR count). The highest BCUT2D eigenvalue weighted by molar-refractivity contribution is 5.82. The number of halogens is 1. The minimum atomic E-state index is -0.277. The molecule has 0 aliphatic heterocycles. The molecule has 5 nitrogen and oxygen atoms in total. The summed E-state index contributed by atoms with van der Waals surface area (Å²) >= 11 is 0. The van der Waals surface area contributed by atoms with Crippen LogP contribution in [0.1, 0.15) is 25.3 Å². The van der Waals surface area contributed by atoms with Gasteiger partial charge in [0.15, 0.2) is 0 Å². The summed E-state index contributed by atoms with van der Waals surface area (Å²) in [6.45, 7) is 2.02. The van der Waals surface area contributed by atoms with Gasteiger partial charge in [0, 0.05) is 17.3 Å². The first kappa shape index (κ1) is 20.2. The lowest BCUT2D eigenvalue weighted by atomic mass is 10.1. The molecule has 1 aliphatic rings. The van der Waals surface area contributed by atoms with Gasteiger partial charge in [0.25, 0.3) is 0 Å². The van der Waals surface area contributed by atoms with Gasteiger partial charge in [-0.2, -0.15) is 5.10 Å². The van der Waals surface area contributed by atoms with Gasteiger partial charge < -0.3 is 10.1 Å². The van der Waals surface area contributed by atoms with Gasteiger partial charge >= 0.3 is 0 Å². The summed E-state index contributed by atoms with van der Waals surface area (Å²) in [6.07, 6.45) is 4.46. The number of carbonyl (C=O) groups excluding carboxylic acids is 1. The highest BCUT2D eigenvalue weighted by Crippen LogP contribution is 2.31. The zero-order chi connectivity index (χ0) is 22.1. The van der Waals surface area contributed by atoms with Gasteiger partial charge in [-0.1, -0.05) is 18.2 Å². The van der Waals surface area contributed by atoms with Crippen LogP contribution in [0.3, 0.4) is 0 Å². The number of ether oxygens (including phenoxy) is 1. The quantitative estimate of drug-likeness (QED) is 0.427. The molecule has 1 amide bonds. The van der Waals surface area contributed by atoms with E-state index in [2.05, 4.69) is 10.4 Å². The molecule has 1 heterocycles. The van der Waals surface area contributed by atoms with Crippen LogP contribution in [0, 0.1) is 11.7 Å². The van der Waals surface area contributed by atoms with E-state index in [1.165, 1.54) is 12.1 Å². The maximum Gasteiger partial charge on any atom is 0.223 e. The molecule has 1 aromatic heterocycles. The Morgan fingerprint density at radius 1 is 1.16 bits per heavy atom. The minimum absolute atomic E-state index is 0.0317. The van der Waals surface area contributed by atoms with Crippen molar-refractivity contribution in [3.05, 3.63) is 84.3 Å². The van der Waals surface area contributed by atoms with Crippen molar-refractivity contribution in [2.75, 3.05) is 0 Å². The van der Waals surface area contributed by atoms with Crippen LogP contribution in [-0.4, -0.2) is 21.7 Å². The fourth-order valence-corrected chi connectivity index (χ4v) is 3.85. The van der Waals surface area contributed by atoms with Crippen LogP contribution in [0.15, 0.2) is 72.9 Å². The van der Waals surface area contributed by atoms with Crippen molar-refractivity contribution in [3.8, 4) is 17.2 Å². The van der Waals surface area contributed by atoms with Crippen molar-refractivity contribution in [1.82, 2.24) is 15.1 Å². The van der Waals surface area contributed by atoms with Crippen molar-refractivity contribution in [3.63, 3.8) is 0 Å². The molecule has 6 heteroatoms. The molecule has 0 saturated heterocycles. The summed E-state index contributed by atoms with van der Waals surface area (Å²) in [6, 6.07) is 20.0. The van der Waals surface area contributed by atoms with Crippen LogP contribution >= 0.6 is 0 Å². The van der Waals surface area contributed by atoms with E-state index < -0.39 is 0 Å². The average molecular weight is 429 g/mol. The first-order chi connectivity index (χ1) is 15.6. The number of nitrogens with one attached hydrogen (secondary N) is 1. The summed E-state index contributed by atoms with van der Waals surface area (Å²) < 4.78 is 21.2. The molecule has 1 fully saturated rings. The highest BCUT2D eigenvalue weighted by atomic mass is 19.1. The lowest BCUT2D eigenvalue weighted by Gasteiger charge is -2.17. The summed E-state index contributed by atoms with van der Waals surface area (Å²) in [5.41, 5.74) is 2.74. The Hall–Kier alpha value is -3.67. The first-order valence-corrected chi connectivity index (χ1v) is 10.9. The smallest absolute Gasteiger partial charge is 0.223 e. The van der Waals surface area contributed by atoms with Gasteiger partial charge in [-0.25, -0.2) is 9.07 Å². The predicted molar refractivity (Wildman–Crippen MR) is 122 cm³/mol. The lowest BCUT2D eigenvalue weighted by molar-refractivity contribution is -0.122. The van der Waals surface area contributed by atoms with E-state index in [-0.39, 0.29) is 23.7 Å². The number of carbonyl (C=O) groups is 1. The van der Waals surface area contributed by atoms with E-state index in [1.54, 1.807) is 23.0 Å². The van der Waals surface area contributed by atoms with Gasteiger partial charge in [0.05, 0.1) is 17.4 Å². The molecule has 1 N–H and O–H groups in total. The Labute approximate surface area is 185 Å². The Bertz CT molecular complexity index is 1260. The van der Waals surface area contributed by atoms with E-state index in [9.17, 15) is 9.18 Å². The SMILES string of the molecule is C[C@@H](Cc1ccccc1Oc1ccc2c(cnn2-c2ccc(F)cc2)c1)NC(=O)C1CC1. The van der Waals surface area contributed by atoms with E-state index in [0.29, 0.717) is 12.2 Å². The molecular formula is C26H24FN3O2. The molecule has 0 unspecified atom stereocenters. The molecule has 1 atom stereocenters. The number of fused-ring (bicyclic) bond motifs is 1. The van der Waals surface area contributed by atoms with Gasteiger partial charge in [-0.15, -0.1) is 0 Å². The summed E-state index contributed by atoms with van der Waals surface area (Å²) in [5.74, 6) is 1.55. The van der Waals surface area contributed by atoms with Gasteiger partial charge in [0.2, 0.25) is 5.91 Å². The number of benzene rings is 3. The fraction of sp³-hybridized carbons (Fsp3) is 0.231. The van der Waals surface area contributed by atoms with Crippen LogP contribution in [0.4, 0.5) is 4.39 Å². The standard InChI is InChI=1S/C26H24FN3O2/c1-17(29-26(31)18-6-7-18)14-19-4-2-3-5-25(19)32-23-12-13-24-20(15-23)16-28-30(24)22-10-8-21(27)9-11-22/h2-5,8-13,15-18H,6-7,14H2,1H3,(H,29,31)/t17-/m0/s1. The summed E-state index contributed by atoms with van der Waals surface area (Å²) in [7, 11) is 0. The number of hydrogen-bond acceptors (Lipinski definition) is 3. The number of aromatic nitrogens is 2. The zero-order valence-corrected chi connectivity index (χ0v) is 17.8. The molecule has 162 valence electrons. The molecular weight excluding hydrogens is 405 g/mol. The topological polar surface area (TPSA) is 56.1 Å². The maximum absolute atomic E-state index is 13.2. The first-order valence-electron chi connectivity index (χ1n) is 10.9. The molecule has 0 bridgehead atoms. The Morgan fingerprint density at radius 3 is 2.72 bits per heavy atom. The Kier molecular flexibility index (Phi) is 5.35. The minimum Gasteiger partial charge on any atom is -0.457 e. The third-order valence-corrected chi connectivity index (χ3v) is 5.67. The van der Waals surface area contributed by atoms with Crippen LogP contribution in [0.25, 0.3) is 16.6 Å². The predicted octanol–water partition coefficient (Wildman–Crippen LogP) is 5.41. The fourth-order valence-electron chi connectivity index (χ4n) is 3.85. The summed E-state index contributed by atoms with van der Waals surface area (Å²) in [5, 5.41) is 8.47. The van der Waals surface area contributed by atoms with Gasteiger partial charge in [0.1, 0.15) is 17.3 Å². The number of nitrogens with zero attached hydrogens (tertiary/aromatic N) is 2. The Balaban J connectivity index is 1.34. The van der Waals surface area contributed by atoms with E-state index >= 15 is 0 Å². The molecule has 0 radical (unpaired) electrons. The molecule has 3 aromatic carbocycles. The van der Waals surface area contributed by atoms with E-state index in [0.717, 1.165) is 40.7 Å². The van der Waals surface area contributed by atoms with Crippen molar-refractivity contribution >= 4 is 16.8 Å². The lowest BCUT2D eigenvalue weighted by Crippen LogP contribution is -2.35. The van der Waals surface area contributed by atoms with Crippen LogP contribution in [-0.2, 0) is 11.2 Å². The molecule has 32 heavy (non-hydrogen) atoms. The summed E-state index contributed by atoms with van der Waals surface area (Å²) in [4.78, 5) is 12.1. The Morgan fingerprint density at radius 2 is 1.94 bits per heavy atom. The monoisotopic (exact) mass is 429 g/mol. The van der Waals surface area contributed by atoms with Crippen molar-refractivity contribution in [2.45, 2.75) is 32.2 Å². The average Bonchev–Trinajstić information content (AvgIpc) is 3.56. The largest absolute Gasteiger partial charge is 0.457 e. The van der Waals surface area contributed by atoms with Crippen molar-refractivity contribution < 1.29 is 13.9 Å². The van der Waals surface area contributed by atoms with Crippen molar-refractivity contribution in [2.24, 2.45) is 5.92 Å². The van der Waals surface area contributed by atoms with Crippen LogP contribution in [0.5, 0.6) is 11.5 Å². The number of rotatable bonds is 7. The second-order valence-corrected chi connectivity index (χ2v) is 8.35. The maximum atomic E-state index is 13.2. The van der Waals surface area contributed by atoms with Crippen molar-refractivity contribution in [1.29, 1.82) is 0 Å². The molecule has 4 aromatic rings. The molecule has 1 aliphatic carbocycles.